The number of sulfone groups is 1. The molecule has 1 fully saturated rings. The Labute approximate surface area is 200 Å². The van der Waals surface area contributed by atoms with E-state index in [1.54, 1.807) is 24.3 Å². The van der Waals surface area contributed by atoms with E-state index < -0.39 is 15.7 Å². The summed E-state index contributed by atoms with van der Waals surface area (Å²) in [6, 6.07) is 12.6. The van der Waals surface area contributed by atoms with E-state index in [1.165, 1.54) is 31.0 Å². The zero-order valence-electron chi connectivity index (χ0n) is 19.4. The van der Waals surface area contributed by atoms with Crippen LogP contribution in [0.25, 0.3) is 16.5 Å². The quantitative estimate of drug-likeness (QED) is 0.484. The number of furan rings is 1. The maximum Gasteiger partial charge on any atom is 0.256 e. The minimum atomic E-state index is -3.53. The van der Waals surface area contributed by atoms with Crippen molar-refractivity contribution in [3.8, 4) is 0 Å². The van der Waals surface area contributed by atoms with Crippen LogP contribution in [0.15, 0.2) is 64.1 Å². The fraction of sp³-hybridized carbons (Fsp3) is 0.370. The molecule has 2 aromatic carbocycles. The van der Waals surface area contributed by atoms with Crippen molar-refractivity contribution in [2.75, 3.05) is 24.2 Å². The highest BCUT2D eigenvalue weighted by molar-refractivity contribution is 7.91. The van der Waals surface area contributed by atoms with Crippen molar-refractivity contribution >= 4 is 38.0 Å². The second kappa shape index (κ2) is 9.39. The molecule has 0 aliphatic carbocycles. The molecule has 1 aromatic heterocycles. The minimum absolute atomic E-state index is 0.0334. The zero-order chi connectivity index (χ0) is 23.7. The van der Waals surface area contributed by atoms with E-state index in [1.807, 2.05) is 25.3 Å². The molecule has 2 aliphatic rings. The van der Waals surface area contributed by atoms with Gasteiger partial charge in [0, 0.05) is 29.2 Å². The third-order valence-corrected chi connectivity index (χ3v) is 8.79. The Morgan fingerprint density at radius 3 is 2.91 bits per heavy atom. The molecule has 7 heteroatoms. The number of fused-ring (bicyclic) bond motifs is 2. The number of nitrogens with one attached hydrogen (secondary N) is 1. The Morgan fingerprint density at radius 2 is 2.06 bits per heavy atom. The number of hydrogen-bond acceptors (Lipinski definition) is 5. The number of amides is 1. The second-order valence-corrected chi connectivity index (χ2v) is 11.3. The van der Waals surface area contributed by atoms with E-state index in [0.29, 0.717) is 18.2 Å². The molecular weight excluding hydrogens is 448 g/mol. The van der Waals surface area contributed by atoms with Crippen molar-refractivity contribution in [1.82, 2.24) is 4.90 Å². The van der Waals surface area contributed by atoms with E-state index in [2.05, 4.69) is 16.3 Å². The van der Waals surface area contributed by atoms with E-state index in [9.17, 15) is 13.2 Å². The van der Waals surface area contributed by atoms with Gasteiger partial charge in [-0.15, -0.1) is 0 Å². The van der Waals surface area contributed by atoms with Crippen LogP contribution in [-0.4, -0.2) is 44.1 Å². The van der Waals surface area contributed by atoms with Gasteiger partial charge in [-0.05, 0) is 68.1 Å². The van der Waals surface area contributed by atoms with Crippen LogP contribution in [0.2, 0.25) is 0 Å². The van der Waals surface area contributed by atoms with E-state index in [0.717, 1.165) is 35.9 Å². The van der Waals surface area contributed by atoms with Gasteiger partial charge in [-0.1, -0.05) is 31.6 Å². The lowest BCUT2D eigenvalue weighted by atomic mass is 9.94. The molecular formula is C27H30N2O4S. The lowest BCUT2D eigenvalue weighted by molar-refractivity contribution is 0.102. The van der Waals surface area contributed by atoms with Gasteiger partial charge in [0.05, 0.1) is 22.5 Å². The Bertz CT molecular complexity index is 1360. The summed E-state index contributed by atoms with van der Waals surface area (Å²) in [6.07, 6.45) is 8.92. The number of anilines is 1. The maximum atomic E-state index is 13.1. The summed E-state index contributed by atoms with van der Waals surface area (Å²) >= 11 is 0. The molecule has 34 heavy (non-hydrogen) atoms. The summed E-state index contributed by atoms with van der Waals surface area (Å²) in [6.45, 7) is 4.08. The predicted octanol–water partition coefficient (Wildman–Crippen LogP) is 5.51. The number of hydrogen-bond donors (Lipinski definition) is 1. The Morgan fingerprint density at radius 1 is 1.21 bits per heavy atom. The van der Waals surface area contributed by atoms with Crippen LogP contribution in [0, 0.1) is 0 Å². The van der Waals surface area contributed by atoms with Crippen LogP contribution < -0.4 is 5.32 Å². The second-order valence-electron chi connectivity index (χ2n) is 9.21. The molecule has 1 amide bonds. The molecule has 1 N–H and O–H groups in total. The summed E-state index contributed by atoms with van der Waals surface area (Å²) in [5, 5.41) is 3.86. The molecule has 1 atom stereocenters. The average molecular weight is 479 g/mol. The lowest BCUT2D eigenvalue weighted by Gasteiger charge is -2.28. The first kappa shape index (κ1) is 22.9. The number of carbonyl (C=O) groups excluding carboxylic acids is 1. The summed E-state index contributed by atoms with van der Waals surface area (Å²) in [5.41, 5.74) is 3.91. The zero-order valence-corrected chi connectivity index (χ0v) is 20.2. The van der Waals surface area contributed by atoms with Gasteiger partial charge in [0.2, 0.25) is 0 Å². The number of rotatable bonds is 7. The molecule has 1 saturated heterocycles. The van der Waals surface area contributed by atoms with Crippen LogP contribution in [-0.2, 0) is 9.84 Å². The maximum absolute atomic E-state index is 13.1. The van der Waals surface area contributed by atoms with Gasteiger partial charge in [-0.3, -0.25) is 9.69 Å². The van der Waals surface area contributed by atoms with Crippen LogP contribution in [0.3, 0.4) is 0 Å². The van der Waals surface area contributed by atoms with Crippen molar-refractivity contribution in [1.29, 1.82) is 0 Å². The molecule has 178 valence electrons. The molecule has 0 radical (unpaired) electrons. The molecule has 3 heterocycles. The highest BCUT2D eigenvalue weighted by Crippen LogP contribution is 2.37. The highest BCUT2D eigenvalue weighted by Gasteiger charge is 2.29. The predicted molar refractivity (Wildman–Crippen MR) is 135 cm³/mol. The molecule has 3 aromatic rings. The van der Waals surface area contributed by atoms with Crippen LogP contribution in [0.1, 0.15) is 54.9 Å². The van der Waals surface area contributed by atoms with Crippen LogP contribution in [0.4, 0.5) is 5.69 Å². The van der Waals surface area contributed by atoms with Crippen molar-refractivity contribution in [2.45, 2.75) is 50.0 Å². The lowest BCUT2D eigenvalue weighted by Crippen LogP contribution is -2.32. The molecule has 2 aliphatic heterocycles. The van der Waals surface area contributed by atoms with Gasteiger partial charge in [0.15, 0.2) is 9.84 Å². The first-order valence-corrected chi connectivity index (χ1v) is 13.7. The molecule has 0 bridgehead atoms. The first-order chi connectivity index (χ1) is 16.5. The van der Waals surface area contributed by atoms with Crippen molar-refractivity contribution in [3.63, 3.8) is 0 Å². The van der Waals surface area contributed by atoms with Gasteiger partial charge in [-0.2, -0.15) is 0 Å². The fourth-order valence-electron chi connectivity index (χ4n) is 5.07. The summed E-state index contributed by atoms with van der Waals surface area (Å²) in [5.74, 6) is -0.399. The van der Waals surface area contributed by atoms with E-state index in [-0.39, 0.29) is 16.2 Å². The van der Waals surface area contributed by atoms with E-state index >= 15 is 0 Å². The van der Waals surface area contributed by atoms with Crippen LogP contribution >= 0.6 is 0 Å². The first-order valence-electron chi connectivity index (χ1n) is 12.0. The smallest absolute Gasteiger partial charge is 0.256 e. The largest absolute Gasteiger partial charge is 0.464 e. The van der Waals surface area contributed by atoms with Crippen molar-refractivity contribution in [3.05, 3.63) is 65.9 Å². The third-order valence-electron chi connectivity index (χ3n) is 6.94. The van der Waals surface area contributed by atoms with Gasteiger partial charge < -0.3 is 9.73 Å². The number of benzene rings is 2. The average Bonchev–Trinajstić information content (AvgIpc) is 3.49. The summed E-state index contributed by atoms with van der Waals surface area (Å²) in [4.78, 5) is 15.7. The van der Waals surface area contributed by atoms with Crippen LogP contribution in [0.5, 0.6) is 0 Å². The van der Waals surface area contributed by atoms with Gasteiger partial charge in [0.1, 0.15) is 5.58 Å². The van der Waals surface area contributed by atoms with Crippen molar-refractivity contribution in [2.24, 2.45) is 0 Å². The number of carbonyl (C=O) groups is 1. The summed E-state index contributed by atoms with van der Waals surface area (Å²) < 4.78 is 31.4. The van der Waals surface area contributed by atoms with Crippen molar-refractivity contribution < 1.29 is 17.6 Å². The molecule has 0 saturated carbocycles. The molecule has 0 spiro atoms. The normalized spacial score (nSPS) is 18.6. The number of nitrogens with zero attached hydrogens (tertiary/aromatic N) is 1. The summed E-state index contributed by atoms with van der Waals surface area (Å²) in [7, 11) is -3.53. The Kier molecular flexibility index (Phi) is 6.32. The third kappa shape index (κ3) is 4.42. The SMILES string of the molecule is CCCCS(=O)(=O)c1ccccc1C(=O)Nc1ccc2occ(C3=CCN4CCCC4C3)c2c1. The van der Waals surface area contributed by atoms with Gasteiger partial charge >= 0.3 is 0 Å². The Balaban J connectivity index is 1.41. The standard InChI is InChI=1S/C27H30N2O4S/c1-2-3-15-34(31,32)26-9-5-4-8-22(26)27(30)28-20-10-11-25-23(17-20)24(18-33-25)19-12-14-29-13-6-7-21(29)16-19/h4-5,8-12,17-18,21H,2-3,6-7,13-16H2,1H3,(H,28,30). The Hall–Kier alpha value is -2.90. The minimum Gasteiger partial charge on any atom is -0.464 e. The molecule has 6 nitrogen and oxygen atoms in total. The topological polar surface area (TPSA) is 79.6 Å². The molecule has 1 unspecified atom stereocenters. The van der Waals surface area contributed by atoms with Gasteiger partial charge in [0.25, 0.3) is 5.91 Å². The fourth-order valence-corrected chi connectivity index (χ4v) is 6.75. The highest BCUT2D eigenvalue weighted by atomic mass is 32.2. The molecule has 5 rings (SSSR count). The monoisotopic (exact) mass is 478 g/mol. The van der Waals surface area contributed by atoms with E-state index in [4.69, 9.17) is 4.42 Å². The van der Waals surface area contributed by atoms with Gasteiger partial charge in [-0.25, -0.2) is 8.42 Å². The number of unbranched alkanes of at least 4 members (excludes halogenated alkanes) is 1.